The van der Waals surface area contributed by atoms with Gasteiger partial charge in [-0.1, -0.05) is 11.6 Å². The Balaban J connectivity index is 1.89. The Hall–Kier alpha value is -2.40. The first-order chi connectivity index (χ1) is 12.8. The highest BCUT2D eigenvalue weighted by Crippen LogP contribution is 2.28. The molecule has 0 unspecified atom stereocenters. The number of rotatable bonds is 4. The first kappa shape index (κ1) is 19.4. The molecule has 1 aliphatic heterocycles. The maximum atomic E-state index is 12.7. The zero-order valence-corrected chi connectivity index (χ0v) is 15.5. The summed E-state index contributed by atoms with van der Waals surface area (Å²) in [5.74, 6) is -1.27. The number of ether oxygens (including phenoxy) is 1. The van der Waals surface area contributed by atoms with Crippen LogP contribution < -0.4 is 10.9 Å². The molecule has 1 aromatic heterocycles. The number of H-pyrrole nitrogens is 1. The predicted molar refractivity (Wildman–Crippen MR) is 97.7 cm³/mol. The van der Waals surface area contributed by atoms with Crippen LogP contribution in [-0.2, 0) is 14.8 Å². The number of amides is 1. The van der Waals surface area contributed by atoms with Gasteiger partial charge in [-0.3, -0.25) is 9.59 Å². The fourth-order valence-electron chi connectivity index (χ4n) is 2.53. The molecule has 0 saturated carbocycles. The number of aromatic nitrogens is 1. The van der Waals surface area contributed by atoms with Crippen molar-refractivity contribution >= 4 is 33.2 Å². The van der Waals surface area contributed by atoms with Crippen molar-refractivity contribution in [3.8, 4) is 5.75 Å². The Bertz CT molecular complexity index is 1030. The molecule has 2 aromatic rings. The molecule has 0 atom stereocenters. The number of sulfonamides is 1. The predicted octanol–water partition coefficient (Wildman–Crippen LogP) is 1.01. The number of halogens is 1. The minimum absolute atomic E-state index is 0.0326. The second-order valence-corrected chi connectivity index (χ2v) is 8.05. The molecule has 1 aromatic carbocycles. The van der Waals surface area contributed by atoms with Crippen molar-refractivity contribution in [1.29, 1.82) is 0 Å². The summed E-state index contributed by atoms with van der Waals surface area (Å²) < 4.78 is 31.9. The number of carbonyl (C=O) groups excluding carboxylic acids is 1. The van der Waals surface area contributed by atoms with E-state index in [0.29, 0.717) is 13.2 Å². The van der Waals surface area contributed by atoms with E-state index in [2.05, 4.69) is 10.3 Å². The van der Waals surface area contributed by atoms with Crippen molar-refractivity contribution in [1.82, 2.24) is 9.29 Å². The SMILES string of the molecule is O=C(Nc1cc(S(=O)(=O)N2CCOCC2)ccc1Cl)c1c[nH]c(=O)cc1O. The number of hydrogen-bond acceptors (Lipinski definition) is 6. The van der Waals surface area contributed by atoms with Gasteiger partial charge in [-0.2, -0.15) is 4.31 Å². The van der Waals surface area contributed by atoms with Crippen LogP contribution in [0.5, 0.6) is 5.75 Å². The van der Waals surface area contributed by atoms with Crippen LogP contribution >= 0.6 is 11.6 Å². The van der Waals surface area contributed by atoms with Gasteiger partial charge in [0.15, 0.2) is 0 Å². The normalized spacial score (nSPS) is 15.4. The number of aromatic hydroxyl groups is 1. The van der Waals surface area contributed by atoms with Crippen LogP contribution in [0.3, 0.4) is 0 Å². The van der Waals surface area contributed by atoms with E-state index in [4.69, 9.17) is 16.3 Å². The molecule has 1 fully saturated rings. The Morgan fingerprint density at radius 3 is 2.63 bits per heavy atom. The number of carbonyl (C=O) groups is 1. The molecule has 144 valence electrons. The van der Waals surface area contributed by atoms with Gasteiger partial charge in [0, 0.05) is 25.4 Å². The topological polar surface area (TPSA) is 129 Å². The van der Waals surface area contributed by atoms with E-state index in [1.165, 1.54) is 22.5 Å². The van der Waals surface area contributed by atoms with Gasteiger partial charge in [0.1, 0.15) is 5.75 Å². The lowest BCUT2D eigenvalue weighted by molar-refractivity contribution is 0.0730. The fourth-order valence-corrected chi connectivity index (χ4v) is 4.13. The highest BCUT2D eigenvalue weighted by molar-refractivity contribution is 7.89. The van der Waals surface area contributed by atoms with Gasteiger partial charge in [0.05, 0.1) is 34.4 Å². The summed E-state index contributed by atoms with van der Waals surface area (Å²) in [5, 5.41) is 12.3. The first-order valence-electron chi connectivity index (χ1n) is 7.89. The maximum absolute atomic E-state index is 12.7. The van der Waals surface area contributed by atoms with Crippen molar-refractivity contribution < 1.29 is 23.1 Å². The van der Waals surface area contributed by atoms with Gasteiger partial charge >= 0.3 is 0 Å². The number of aromatic amines is 1. The molecule has 3 rings (SSSR count). The highest BCUT2D eigenvalue weighted by Gasteiger charge is 2.27. The van der Waals surface area contributed by atoms with Crippen molar-refractivity contribution in [2.45, 2.75) is 4.90 Å². The average molecular weight is 414 g/mol. The van der Waals surface area contributed by atoms with Crippen LogP contribution in [0.4, 0.5) is 5.69 Å². The van der Waals surface area contributed by atoms with Gasteiger partial charge in [-0.15, -0.1) is 0 Å². The maximum Gasteiger partial charge on any atom is 0.260 e. The van der Waals surface area contributed by atoms with Gasteiger partial charge < -0.3 is 20.1 Å². The van der Waals surface area contributed by atoms with Crippen LogP contribution in [0.1, 0.15) is 10.4 Å². The molecule has 1 amide bonds. The van der Waals surface area contributed by atoms with E-state index in [0.717, 1.165) is 12.3 Å². The largest absolute Gasteiger partial charge is 0.507 e. The Labute approximate surface area is 159 Å². The molecule has 0 spiro atoms. The monoisotopic (exact) mass is 413 g/mol. The number of nitrogens with one attached hydrogen (secondary N) is 2. The number of benzene rings is 1. The van der Waals surface area contributed by atoms with Crippen LogP contribution in [0, 0.1) is 0 Å². The van der Waals surface area contributed by atoms with Crippen molar-refractivity contribution in [3.05, 3.63) is 51.4 Å². The van der Waals surface area contributed by atoms with Crippen molar-refractivity contribution in [3.63, 3.8) is 0 Å². The third-order valence-electron chi connectivity index (χ3n) is 3.94. The molecule has 9 nitrogen and oxygen atoms in total. The van der Waals surface area contributed by atoms with E-state index in [9.17, 15) is 23.1 Å². The average Bonchev–Trinajstić information content (AvgIpc) is 2.64. The Morgan fingerprint density at radius 2 is 1.96 bits per heavy atom. The molecule has 1 saturated heterocycles. The second-order valence-electron chi connectivity index (χ2n) is 5.71. The Morgan fingerprint density at radius 1 is 1.26 bits per heavy atom. The van der Waals surface area contributed by atoms with Crippen LogP contribution in [0.15, 0.2) is 40.2 Å². The summed E-state index contributed by atoms with van der Waals surface area (Å²) in [6, 6.07) is 4.81. The van der Waals surface area contributed by atoms with E-state index in [1.807, 2.05) is 0 Å². The lowest BCUT2D eigenvalue weighted by Gasteiger charge is -2.26. The summed E-state index contributed by atoms with van der Waals surface area (Å²) in [5.41, 5.74) is -0.700. The van der Waals surface area contributed by atoms with E-state index >= 15 is 0 Å². The molecule has 0 aliphatic carbocycles. The third kappa shape index (κ3) is 4.14. The third-order valence-corrected chi connectivity index (χ3v) is 6.17. The number of nitrogens with zero attached hydrogens (tertiary/aromatic N) is 1. The lowest BCUT2D eigenvalue weighted by Crippen LogP contribution is -2.40. The van der Waals surface area contributed by atoms with Crippen LogP contribution in [0.25, 0.3) is 0 Å². The molecule has 2 heterocycles. The number of hydrogen-bond donors (Lipinski definition) is 3. The number of anilines is 1. The van der Waals surface area contributed by atoms with E-state index in [-0.39, 0.29) is 34.3 Å². The van der Waals surface area contributed by atoms with Gasteiger partial charge in [-0.05, 0) is 18.2 Å². The summed E-state index contributed by atoms with van der Waals surface area (Å²) in [6.45, 7) is 1.08. The molecule has 3 N–H and O–H groups in total. The van der Waals surface area contributed by atoms with E-state index in [1.54, 1.807) is 0 Å². The van der Waals surface area contributed by atoms with Gasteiger partial charge in [0.25, 0.3) is 11.5 Å². The molecule has 1 aliphatic rings. The summed E-state index contributed by atoms with van der Waals surface area (Å²) in [7, 11) is -3.77. The molecular weight excluding hydrogens is 398 g/mol. The van der Waals surface area contributed by atoms with Gasteiger partial charge in [-0.25, -0.2) is 8.42 Å². The quantitative estimate of drug-likeness (QED) is 0.686. The molecule has 27 heavy (non-hydrogen) atoms. The molecule has 0 radical (unpaired) electrons. The summed E-state index contributed by atoms with van der Waals surface area (Å²) in [6.07, 6.45) is 1.05. The van der Waals surface area contributed by atoms with Crippen molar-refractivity contribution in [2.75, 3.05) is 31.6 Å². The summed E-state index contributed by atoms with van der Waals surface area (Å²) in [4.78, 5) is 25.7. The van der Waals surface area contributed by atoms with E-state index < -0.39 is 27.2 Å². The number of morpholine rings is 1. The zero-order chi connectivity index (χ0) is 19.6. The first-order valence-corrected chi connectivity index (χ1v) is 9.71. The smallest absolute Gasteiger partial charge is 0.260 e. The standard InChI is InChI=1S/C16H16ClN3O6S/c17-12-2-1-10(27(24,25)20-3-5-26-6-4-20)7-13(12)19-16(23)11-9-18-15(22)8-14(11)21/h1-2,7-9H,3-6H2,(H,19,23)(H2,18,21,22). The molecule has 11 heteroatoms. The lowest BCUT2D eigenvalue weighted by atomic mass is 10.2. The minimum Gasteiger partial charge on any atom is -0.507 e. The minimum atomic E-state index is -3.77. The zero-order valence-electron chi connectivity index (χ0n) is 13.9. The second kappa shape index (κ2) is 7.69. The molecular formula is C16H16ClN3O6S. The summed E-state index contributed by atoms with van der Waals surface area (Å²) >= 11 is 6.07. The highest BCUT2D eigenvalue weighted by atomic mass is 35.5. The van der Waals surface area contributed by atoms with Crippen molar-refractivity contribution in [2.24, 2.45) is 0 Å². The van der Waals surface area contributed by atoms with Crippen LogP contribution in [0.2, 0.25) is 5.02 Å². The Kier molecular flexibility index (Phi) is 5.51. The van der Waals surface area contributed by atoms with Gasteiger partial charge in [0.2, 0.25) is 10.0 Å². The molecule has 0 bridgehead atoms. The number of pyridine rings is 1. The fraction of sp³-hybridized carbons (Fsp3) is 0.250. The van der Waals surface area contributed by atoms with Crippen LogP contribution in [-0.4, -0.2) is 55.0 Å².